The third kappa shape index (κ3) is 2.96. The summed E-state index contributed by atoms with van der Waals surface area (Å²) in [6, 6.07) is 0.457. The summed E-state index contributed by atoms with van der Waals surface area (Å²) >= 11 is 7.91. The molecule has 1 aliphatic rings. The Morgan fingerprint density at radius 1 is 1.30 bits per heavy atom. The third-order valence-corrected chi connectivity index (χ3v) is 5.96. The second-order valence-corrected chi connectivity index (χ2v) is 8.16. The van der Waals surface area contributed by atoms with Gasteiger partial charge in [-0.1, -0.05) is 11.6 Å². The normalized spacial score (nSPS) is 17.8. The molecule has 6 heteroatoms. The lowest BCUT2D eigenvalue weighted by Crippen LogP contribution is -2.46. The smallest absolute Gasteiger partial charge is 0.226 e. The Bertz CT molecular complexity index is 733. The molecule has 2 heterocycles. The molecular formula is C17H22ClN3OS. The summed E-state index contributed by atoms with van der Waals surface area (Å²) in [5.41, 5.74) is 1.25. The Morgan fingerprint density at radius 3 is 2.65 bits per heavy atom. The summed E-state index contributed by atoms with van der Waals surface area (Å²) in [6.07, 6.45) is 4.05. The largest absolute Gasteiger partial charge is 0.338 e. The van der Waals surface area contributed by atoms with E-state index in [9.17, 15) is 4.79 Å². The second kappa shape index (κ2) is 6.36. The number of halogens is 1. The molecule has 23 heavy (non-hydrogen) atoms. The van der Waals surface area contributed by atoms with E-state index in [1.165, 1.54) is 16.8 Å². The van der Waals surface area contributed by atoms with Gasteiger partial charge in [0, 0.05) is 22.9 Å². The van der Waals surface area contributed by atoms with E-state index >= 15 is 0 Å². The molecule has 0 N–H and O–H groups in total. The lowest BCUT2D eigenvalue weighted by atomic mass is 9.86. The van der Waals surface area contributed by atoms with Crippen molar-refractivity contribution in [2.75, 3.05) is 0 Å². The van der Waals surface area contributed by atoms with Gasteiger partial charge in [-0.05, 0) is 52.5 Å². The molecule has 0 aliphatic heterocycles. The standard InChI is InChI=1S/C17H22ClN3OS/c1-9(2)21(10(3)4)17(22)11-5-6-12-13(7-11)23-16-14(12)15(18)19-8-20-16/h8-11H,5-7H2,1-4H3/t11-/m0/s1. The first-order chi connectivity index (χ1) is 10.9. The Balaban J connectivity index is 1.90. The fourth-order valence-electron chi connectivity index (χ4n) is 3.60. The van der Waals surface area contributed by atoms with Crippen molar-refractivity contribution < 1.29 is 4.79 Å². The number of hydrogen-bond acceptors (Lipinski definition) is 4. The van der Waals surface area contributed by atoms with Gasteiger partial charge in [-0.2, -0.15) is 0 Å². The van der Waals surface area contributed by atoms with Gasteiger partial charge in [0.2, 0.25) is 5.91 Å². The van der Waals surface area contributed by atoms with Crippen molar-refractivity contribution in [3.8, 4) is 0 Å². The zero-order valence-corrected chi connectivity index (χ0v) is 15.5. The van der Waals surface area contributed by atoms with E-state index in [0.717, 1.165) is 29.5 Å². The van der Waals surface area contributed by atoms with E-state index in [2.05, 4.69) is 37.7 Å². The van der Waals surface area contributed by atoms with Crippen LogP contribution in [0, 0.1) is 5.92 Å². The average Bonchev–Trinajstić information content (AvgIpc) is 2.84. The van der Waals surface area contributed by atoms with Crippen LogP contribution >= 0.6 is 22.9 Å². The summed E-state index contributed by atoms with van der Waals surface area (Å²) in [5, 5.41) is 1.52. The highest BCUT2D eigenvalue weighted by atomic mass is 35.5. The Kier molecular flexibility index (Phi) is 4.61. The van der Waals surface area contributed by atoms with Gasteiger partial charge in [0.05, 0.1) is 5.39 Å². The van der Waals surface area contributed by atoms with Gasteiger partial charge >= 0.3 is 0 Å². The van der Waals surface area contributed by atoms with Crippen LogP contribution in [0.3, 0.4) is 0 Å². The molecule has 2 aromatic rings. The minimum absolute atomic E-state index is 0.0621. The number of amides is 1. The molecule has 1 aliphatic carbocycles. The van der Waals surface area contributed by atoms with Gasteiger partial charge in [-0.25, -0.2) is 9.97 Å². The maximum atomic E-state index is 12.9. The van der Waals surface area contributed by atoms with Crippen LogP contribution in [0.5, 0.6) is 0 Å². The molecule has 2 aromatic heterocycles. The summed E-state index contributed by atoms with van der Waals surface area (Å²) in [4.78, 5) is 25.6. The van der Waals surface area contributed by atoms with Crippen LogP contribution in [-0.4, -0.2) is 32.9 Å². The molecule has 124 valence electrons. The van der Waals surface area contributed by atoms with Crippen molar-refractivity contribution in [3.05, 3.63) is 21.9 Å². The van der Waals surface area contributed by atoms with Gasteiger partial charge < -0.3 is 4.90 Å². The Labute approximate surface area is 145 Å². The first-order valence-corrected chi connectivity index (χ1v) is 9.32. The minimum atomic E-state index is 0.0621. The van der Waals surface area contributed by atoms with Crippen LogP contribution in [-0.2, 0) is 17.6 Å². The highest BCUT2D eigenvalue weighted by Gasteiger charge is 2.33. The number of aryl methyl sites for hydroxylation is 1. The summed E-state index contributed by atoms with van der Waals surface area (Å²) in [5.74, 6) is 0.336. The molecular weight excluding hydrogens is 330 g/mol. The number of carbonyl (C=O) groups excluding carboxylic acids is 1. The molecule has 0 fully saturated rings. The topological polar surface area (TPSA) is 46.1 Å². The van der Waals surface area contributed by atoms with Crippen LogP contribution in [0.25, 0.3) is 10.2 Å². The van der Waals surface area contributed by atoms with Crippen molar-refractivity contribution in [2.45, 2.75) is 59.0 Å². The van der Waals surface area contributed by atoms with Crippen LogP contribution in [0.2, 0.25) is 5.15 Å². The summed E-state index contributed by atoms with van der Waals surface area (Å²) in [6.45, 7) is 8.34. The van der Waals surface area contributed by atoms with Crippen LogP contribution in [0.1, 0.15) is 44.6 Å². The molecule has 0 saturated heterocycles. The number of carbonyl (C=O) groups is 1. The molecule has 3 rings (SSSR count). The maximum Gasteiger partial charge on any atom is 0.226 e. The van der Waals surface area contributed by atoms with E-state index in [4.69, 9.17) is 11.6 Å². The monoisotopic (exact) mass is 351 g/mol. The SMILES string of the molecule is CC(C)N(C(=O)[C@H]1CCc2c(sc3ncnc(Cl)c23)C1)C(C)C. The molecule has 0 unspecified atom stereocenters. The Morgan fingerprint density at radius 2 is 2.00 bits per heavy atom. The number of fused-ring (bicyclic) bond motifs is 3. The molecule has 1 amide bonds. The van der Waals surface area contributed by atoms with Crippen molar-refractivity contribution in [3.63, 3.8) is 0 Å². The van der Waals surface area contributed by atoms with Gasteiger partial charge in [0.25, 0.3) is 0 Å². The number of thiophene rings is 1. The quantitative estimate of drug-likeness (QED) is 0.782. The maximum absolute atomic E-state index is 12.9. The molecule has 0 aromatic carbocycles. The number of nitrogens with zero attached hydrogens (tertiary/aromatic N) is 3. The molecule has 0 bridgehead atoms. The minimum Gasteiger partial charge on any atom is -0.338 e. The molecule has 4 nitrogen and oxygen atoms in total. The van der Waals surface area contributed by atoms with Crippen molar-refractivity contribution in [1.82, 2.24) is 14.9 Å². The van der Waals surface area contributed by atoms with E-state index in [1.54, 1.807) is 11.3 Å². The first kappa shape index (κ1) is 16.7. The molecule has 0 radical (unpaired) electrons. The van der Waals surface area contributed by atoms with Crippen LogP contribution in [0.4, 0.5) is 0 Å². The van der Waals surface area contributed by atoms with Gasteiger partial charge in [0.15, 0.2) is 0 Å². The van der Waals surface area contributed by atoms with Crippen molar-refractivity contribution in [2.24, 2.45) is 5.92 Å². The highest BCUT2D eigenvalue weighted by Crippen LogP contribution is 2.40. The molecule has 1 atom stereocenters. The predicted octanol–water partition coefficient (Wildman–Crippen LogP) is 4.10. The van der Waals surface area contributed by atoms with Gasteiger partial charge in [-0.15, -0.1) is 11.3 Å². The fraction of sp³-hybridized carbons (Fsp3) is 0.588. The van der Waals surface area contributed by atoms with Crippen molar-refractivity contribution in [1.29, 1.82) is 0 Å². The lowest BCUT2D eigenvalue weighted by Gasteiger charge is -2.35. The van der Waals surface area contributed by atoms with Crippen LogP contribution < -0.4 is 0 Å². The number of rotatable bonds is 3. The van der Waals surface area contributed by atoms with Gasteiger partial charge in [-0.3, -0.25) is 4.79 Å². The zero-order valence-electron chi connectivity index (χ0n) is 14.0. The van der Waals surface area contributed by atoms with Gasteiger partial charge in [0.1, 0.15) is 16.3 Å². The fourth-order valence-corrected chi connectivity index (χ4v) is 5.17. The second-order valence-electron chi connectivity index (χ2n) is 6.72. The van der Waals surface area contributed by atoms with E-state index in [0.29, 0.717) is 5.15 Å². The number of hydrogen-bond donors (Lipinski definition) is 0. The van der Waals surface area contributed by atoms with E-state index in [-0.39, 0.29) is 23.9 Å². The van der Waals surface area contributed by atoms with E-state index < -0.39 is 0 Å². The summed E-state index contributed by atoms with van der Waals surface area (Å²) < 4.78 is 0. The molecule has 0 saturated carbocycles. The average molecular weight is 352 g/mol. The third-order valence-electron chi connectivity index (χ3n) is 4.52. The zero-order chi connectivity index (χ0) is 16.7. The van der Waals surface area contributed by atoms with Crippen LogP contribution in [0.15, 0.2) is 6.33 Å². The van der Waals surface area contributed by atoms with E-state index in [1.807, 2.05) is 4.90 Å². The lowest BCUT2D eigenvalue weighted by molar-refractivity contribution is -0.139. The highest BCUT2D eigenvalue weighted by molar-refractivity contribution is 7.19. The predicted molar refractivity (Wildman–Crippen MR) is 95.1 cm³/mol. The summed E-state index contributed by atoms with van der Waals surface area (Å²) in [7, 11) is 0. The number of aromatic nitrogens is 2. The van der Waals surface area contributed by atoms with Crippen molar-refractivity contribution >= 4 is 39.1 Å². The molecule has 0 spiro atoms. The Hall–Kier alpha value is -1.20. The first-order valence-electron chi connectivity index (χ1n) is 8.13.